The molecule has 7 heteroatoms. The van der Waals surface area contributed by atoms with Crippen LogP contribution in [0.25, 0.3) is 0 Å². The normalized spacial score (nSPS) is 11.5. The van der Waals surface area contributed by atoms with Gasteiger partial charge in [-0.1, -0.05) is 61.9 Å². The molecule has 1 aromatic heterocycles. The molecule has 0 spiro atoms. The lowest BCUT2D eigenvalue weighted by Crippen LogP contribution is -2.18. The van der Waals surface area contributed by atoms with E-state index in [2.05, 4.69) is 16.3 Å². The number of unbranched alkanes of at least 4 members (excludes halogenated alkanes) is 1. The highest BCUT2D eigenvalue weighted by molar-refractivity contribution is 8.14. The largest absolute Gasteiger partial charge is 0.294 e. The maximum atomic E-state index is 12.5. The molecule has 0 unspecified atom stereocenters. The van der Waals surface area contributed by atoms with Crippen LogP contribution in [-0.4, -0.2) is 20.0 Å². The first-order valence-corrected chi connectivity index (χ1v) is 10.3. The summed E-state index contributed by atoms with van der Waals surface area (Å²) in [6.07, 6.45) is 1.91. The average molecular weight is 398 g/mol. The number of carbonyl (C=O) groups excluding carboxylic acids is 2. The number of hydrogen-bond acceptors (Lipinski definition) is 5. The molecule has 138 valence electrons. The minimum absolute atomic E-state index is 0.0768. The summed E-state index contributed by atoms with van der Waals surface area (Å²) < 4.78 is 6.24. The summed E-state index contributed by atoms with van der Waals surface area (Å²) in [6.45, 7) is 2.76. The third-order valence-corrected chi connectivity index (χ3v) is 5.58. The first-order chi connectivity index (χ1) is 13.2. The molecule has 0 aliphatic rings. The number of nitrogens with zero attached hydrogens (tertiary/aromatic N) is 3. The zero-order valence-electron chi connectivity index (χ0n) is 14.9. The van der Waals surface area contributed by atoms with Gasteiger partial charge in [-0.25, -0.2) is 0 Å². The van der Waals surface area contributed by atoms with Gasteiger partial charge < -0.3 is 0 Å². The van der Waals surface area contributed by atoms with Crippen molar-refractivity contribution in [1.82, 2.24) is 8.94 Å². The molecule has 27 heavy (non-hydrogen) atoms. The van der Waals surface area contributed by atoms with E-state index in [9.17, 15) is 9.59 Å². The Morgan fingerprint density at radius 3 is 2.30 bits per heavy atom. The van der Waals surface area contributed by atoms with E-state index in [0.29, 0.717) is 27.6 Å². The Hall–Kier alpha value is -2.51. The van der Waals surface area contributed by atoms with Crippen LogP contribution in [0.3, 0.4) is 0 Å². The Balaban J connectivity index is 1.90. The summed E-state index contributed by atoms with van der Waals surface area (Å²) in [6, 6.07) is 18.0. The van der Waals surface area contributed by atoms with Gasteiger partial charge in [0, 0.05) is 29.2 Å². The molecule has 3 rings (SSSR count). The monoisotopic (exact) mass is 397 g/mol. The van der Waals surface area contributed by atoms with E-state index < -0.39 is 0 Å². The molecule has 1 amide bonds. The maximum Gasteiger partial charge on any atom is 0.279 e. The van der Waals surface area contributed by atoms with Crippen LogP contribution in [0.15, 0.2) is 70.8 Å². The van der Waals surface area contributed by atoms with Crippen LogP contribution in [0.1, 0.15) is 40.5 Å². The average Bonchev–Trinajstić information content (AvgIpc) is 3.08. The van der Waals surface area contributed by atoms with Gasteiger partial charge in [-0.05, 0) is 30.3 Å². The van der Waals surface area contributed by atoms with E-state index in [0.717, 1.165) is 36.1 Å². The zero-order chi connectivity index (χ0) is 19.1. The van der Waals surface area contributed by atoms with E-state index in [4.69, 9.17) is 0 Å². The van der Waals surface area contributed by atoms with Gasteiger partial charge in [0.15, 0.2) is 5.16 Å². The molecule has 0 fully saturated rings. The van der Waals surface area contributed by atoms with Gasteiger partial charge >= 0.3 is 0 Å². The molecule has 0 N–H and O–H groups in total. The molecule has 5 nitrogen and oxygen atoms in total. The van der Waals surface area contributed by atoms with Crippen LogP contribution in [-0.2, 0) is 6.54 Å². The molecule has 0 atom stereocenters. The minimum atomic E-state index is -0.310. The Kier molecular flexibility index (Phi) is 6.73. The number of carbonyl (C=O) groups is 2. The highest BCUT2D eigenvalue weighted by Gasteiger charge is 2.15. The lowest BCUT2D eigenvalue weighted by molar-refractivity contribution is 0.0997. The molecule has 0 bridgehead atoms. The molecule has 0 saturated heterocycles. The molecule has 0 saturated carbocycles. The van der Waals surface area contributed by atoms with Gasteiger partial charge in [-0.3, -0.25) is 14.2 Å². The van der Waals surface area contributed by atoms with Gasteiger partial charge in [0.25, 0.3) is 5.91 Å². The predicted molar refractivity (Wildman–Crippen MR) is 108 cm³/mol. The second-order valence-electron chi connectivity index (χ2n) is 5.79. The van der Waals surface area contributed by atoms with E-state index in [1.54, 1.807) is 36.4 Å². The van der Waals surface area contributed by atoms with Gasteiger partial charge in [-0.15, -0.1) is 0 Å². The summed E-state index contributed by atoms with van der Waals surface area (Å²) in [5, 5.41) is 0.494. The van der Waals surface area contributed by atoms with Gasteiger partial charge in [0.2, 0.25) is 9.92 Å². The third-order valence-electron chi connectivity index (χ3n) is 3.81. The predicted octanol–water partition coefficient (Wildman–Crippen LogP) is 4.42. The van der Waals surface area contributed by atoms with Crippen LogP contribution in [0.5, 0.6) is 0 Å². The number of rotatable bonds is 6. The van der Waals surface area contributed by atoms with Gasteiger partial charge in [-0.2, -0.15) is 9.37 Å². The van der Waals surface area contributed by atoms with Crippen molar-refractivity contribution < 1.29 is 9.59 Å². The fourth-order valence-electron chi connectivity index (χ4n) is 2.37. The van der Waals surface area contributed by atoms with Crippen LogP contribution in [0.4, 0.5) is 0 Å². The quantitative estimate of drug-likeness (QED) is 0.578. The number of benzene rings is 2. The second-order valence-corrected chi connectivity index (χ2v) is 7.46. The molecule has 1 heterocycles. The van der Waals surface area contributed by atoms with Crippen molar-refractivity contribution in [1.29, 1.82) is 0 Å². The fraction of sp³-hybridized carbons (Fsp3) is 0.200. The van der Waals surface area contributed by atoms with Crippen molar-refractivity contribution in [3.63, 3.8) is 0 Å². The van der Waals surface area contributed by atoms with Crippen LogP contribution in [0, 0.1) is 0 Å². The third kappa shape index (κ3) is 5.02. The SMILES string of the molecule is CCCCn1c(SC(=O)c2ccccc2)nsc1=NC(=O)c1ccccc1. The Morgan fingerprint density at radius 1 is 1.04 bits per heavy atom. The highest BCUT2D eigenvalue weighted by Crippen LogP contribution is 2.21. The van der Waals surface area contributed by atoms with Crippen LogP contribution in [0.2, 0.25) is 0 Å². The first kappa shape index (κ1) is 19.3. The van der Waals surface area contributed by atoms with Crippen LogP contribution >= 0.6 is 23.3 Å². The van der Waals surface area contributed by atoms with Crippen molar-refractivity contribution in [3.05, 3.63) is 76.6 Å². The smallest absolute Gasteiger partial charge is 0.279 e. The maximum absolute atomic E-state index is 12.5. The summed E-state index contributed by atoms with van der Waals surface area (Å²) in [5.74, 6) is -0.310. The first-order valence-electron chi connectivity index (χ1n) is 8.67. The van der Waals surface area contributed by atoms with Crippen molar-refractivity contribution in [3.8, 4) is 0 Å². The van der Waals surface area contributed by atoms with E-state index >= 15 is 0 Å². The fourth-order valence-corrected chi connectivity index (χ4v) is 4.06. The molecule has 3 aromatic rings. The van der Waals surface area contributed by atoms with Crippen LogP contribution < -0.4 is 4.80 Å². The zero-order valence-corrected chi connectivity index (χ0v) is 16.5. The van der Waals surface area contributed by atoms with Crippen molar-refractivity contribution >= 4 is 34.3 Å². The highest BCUT2D eigenvalue weighted by atomic mass is 32.2. The summed E-state index contributed by atoms with van der Waals surface area (Å²) in [7, 11) is 0. The Bertz CT molecular complexity index is 979. The molecule has 2 aromatic carbocycles. The van der Waals surface area contributed by atoms with Crippen molar-refractivity contribution in [2.75, 3.05) is 0 Å². The summed E-state index contributed by atoms with van der Waals surface area (Å²) in [4.78, 5) is 29.7. The topological polar surface area (TPSA) is 64.3 Å². The number of amides is 1. The molecular weight excluding hydrogens is 378 g/mol. The molecule has 0 radical (unpaired) electrons. The Morgan fingerprint density at radius 2 is 1.67 bits per heavy atom. The van der Waals surface area contributed by atoms with Gasteiger partial charge in [0.05, 0.1) is 0 Å². The second kappa shape index (κ2) is 9.43. The van der Waals surface area contributed by atoms with Crippen molar-refractivity contribution in [2.24, 2.45) is 4.99 Å². The molecule has 0 aliphatic carbocycles. The summed E-state index contributed by atoms with van der Waals surface area (Å²) >= 11 is 2.21. The van der Waals surface area contributed by atoms with E-state index in [-0.39, 0.29) is 11.0 Å². The lowest BCUT2D eigenvalue weighted by atomic mass is 10.2. The van der Waals surface area contributed by atoms with E-state index in [1.165, 1.54) is 0 Å². The standard InChI is InChI=1S/C20H19N3O2S2/c1-2-3-14-23-19(21-17(24)15-10-6-4-7-11-15)27-22-20(23)26-18(25)16-12-8-5-9-13-16/h4-13H,2-3,14H2,1H3. The minimum Gasteiger partial charge on any atom is -0.294 e. The van der Waals surface area contributed by atoms with Gasteiger partial charge in [0.1, 0.15) is 0 Å². The summed E-state index contributed by atoms with van der Waals surface area (Å²) in [5.41, 5.74) is 1.15. The molecule has 0 aliphatic heterocycles. The Labute approximate surface area is 166 Å². The number of thioether (sulfide) groups is 1. The number of aromatic nitrogens is 2. The molecular formula is C20H19N3O2S2. The van der Waals surface area contributed by atoms with E-state index in [1.807, 2.05) is 28.8 Å². The lowest BCUT2D eigenvalue weighted by Gasteiger charge is -2.05. The van der Waals surface area contributed by atoms with Crippen molar-refractivity contribution in [2.45, 2.75) is 31.5 Å². The number of hydrogen-bond donors (Lipinski definition) is 0.